The van der Waals surface area contributed by atoms with Crippen LogP contribution in [0.3, 0.4) is 0 Å². The number of hydrogen-bond acceptors (Lipinski definition) is 3. The highest BCUT2D eigenvalue weighted by Crippen LogP contribution is 2.29. The smallest absolute Gasteiger partial charge is 0.441 e. The molecule has 0 fully saturated rings. The summed E-state index contributed by atoms with van der Waals surface area (Å²) in [7, 11) is 0. The number of aromatic hydroxyl groups is 1. The second-order valence-electron chi connectivity index (χ2n) is 3.80. The summed E-state index contributed by atoms with van der Waals surface area (Å²) in [6, 6.07) is 6.70. The SMILES string of the molecule is CCC(NCCSC(F)(F)F)c1ccc(O)cc1. The molecule has 0 spiro atoms. The van der Waals surface area contributed by atoms with E-state index in [1.165, 1.54) is 0 Å². The van der Waals surface area contributed by atoms with E-state index >= 15 is 0 Å². The molecule has 0 heterocycles. The Hall–Kier alpha value is -0.880. The fourth-order valence-electron chi connectivity index (χ4n) is 1.60. The van der Waals surface area contributed by atoms with Gasteiger partial charge in [0.05, 0.1) is 0 Å². The molecule has 0 aromatic heterocycles. The second-order valence-corrected chi connectivity index (χ2v) is 4.96. The molecule has 0 aliphatic rings. The van der Waals surface area contributed by atoms with Gasteiger partial charge in [-0.25, -0.2) is 0 Å². The lowest BCUT2D eigenvalue weighted by Crippen LogP contribution is -2.24. The molecule has 6 heteroatoms. The summed E-state index contributed by atoms with van der Waals surface area (Å²) < 4.78 is 35.8. The Morgan fingerprint density at radius 3 is 2.39 bits per heavy atom. The molecule has 0 aliphatic carbocycles. The van der Waals surface area contributed by atoms with E-state index in [-0.39, 0.29) is 29.3 Å². The van der Waals surface area contributed by atoms with Gasteiger partial charge in [0.25, 0.3) is 0 Å². The number of benzene rings is 1. The maximum absolute atomic E-state index is 11.9. The summed E-state index contributed by atoms with van der Waals surface area (Å²) in [4.78, 5) is 0. The van der Waals surface area contributed by atoms with Gasteiger partial charge in [-0.15, -0.1) is 0 Å². The molecular weight excluding hydrogens is 263 g/mol. The van der Waals surface area contributed by atoms with Crippen molar-refractivity contribution in [2.75, 3.05) is 12.3 Å². The predicted octanol–water partition coefficient (Wildman–Crippen LogP) is 3.69. The zero-order chi connectivity index (χ0) is 13.6. The van der Waals surface area contributed by atoms with Crippen molar-refractivity contribution in [2.24, 2.45) is 0 Å². The molecule has 0 radical (unpaired) electrons. The van der Waals surface area contributed by atoms with Crippen LogP contribution >= 0.6 is 11.8 Å². The van der Waals surface area contributed by atoms with Crippen LogP contribution in [0.5, 0.6) is 5.75 Å². The van der Waals surface area contributed by atoms with Crippen molar-refractivity contribution in [2.45, 2.75) is 24.9 Å². The summed E-state index contributed by atoms with van der Waals surface area (Å²) in [5.41, 5.74) is -3.20. The highest BCUT2D eigenvalue weighted by Gasteiger charge is 2.27. The molecule has 0 bridgehead atoms. The van der Waals surface area contributed by atoms with E-state index in [1.54, 1.807) is 24.3 Å². The quantitative estimate of drug-likeness (QED) is 0.779. The number of alkyl halides is 3. The van der Waals surface area contributed by atoms with Crippen LogP contribution < -0.4 is 5.32 Å². The van der Waals surface area contributed by atoms with Gasteiger partial charge in [-0.1, -0.05) is 19.1 Å². The van der Waals surface area contributed by atoms with E-state index in [1.807, 2.05) is 6.92 Å². The molecule has 0 saturated carbocycles. The summed E-state index contributed by atoms with van der Waals surface area (Å²) in [6.45, 7) is 2.25. The predicted molar refractivity (Wildman–Crippen MR) is 67.7 cm³/mol. The van der Waals surface area contributed by atoms with Gasteiger partial charge in [0.15, 0.2) is 0 Å². The summed E-state index contributed by atoms with van der Waals surface area (Å²) in [6.07, 6.45) is 0.779. The average Bonchev–Trinajstić information content (AvgIpc) is 2.29. The molecule has 1 atom stereocenters. The Bertz CT molecular complexity index is 353. The zero-order valence-corrected chi connectivity index (χ0v) is 10.8. The van der Waals surface area contributed by atoms with Gasteiger partial charge in [0.2, 0.25) is 0 Å². The van der Waals surface area contributed by atoms with Gasteiger partial charge in [-0.3, -0.25) is 0 Å². The highest BCUT2D eigenvalue weighted by molar-refractivity contribution is 8.00. The van der Waals surface area contributed by atoms with Crippen molar-refractivity contribution in [3.05, 3.63) is 29.8 Å². The van der Waals surface area contributed by atoms with Crippen LogP contribution in [0.4, 0.5) is 13.2 Å². The van der Waals surface area contributed by atoms with Crippen molar-refractivity contribution in [1.82, 2.24) is 5.32 Å². The monoisotopic (exact) mass is 279 g/mol. The molecule has 1 aromatic rings. The molecule has 1 unspecified atom stereocenters. The third-order valence-electron chi connectivity index (χ3n) is 2.46. The number of hydrogen-bond donors (Lipinski definition) is 2. The third kappa shape index (κ3) is 5.64. The van der Waals surface area contributed by atoms with Crippen LogP contribution in [0.1, 0.15) is 24.9 Å². The molecule has 0 amide bonds. The second kappa shape index (κ2) is 6.89. The number of rotatable bonds is 6. The Morgan fingerprint density at radius 1 is 1.28 bits per heavy atom. The Balaban J connectivity index is 2.40. The van der Waals surface area contributed by atoms with Crippen molar-refractivity contribution < 1.29 is 18.3 Å². The molecule has 1 rings (SSSR count). The van der Waals surface area contributed by atoms with Crippen LogP contribution in [0.25, 0.3) is 0 Å². The topological polar surface area (TPSA) is 32.3 Å². The molecule has 18 heavy (non-hydrogen) atoms. The minimum Gasteiger partial charge on any atom is -0.508 e. The number of halogens is 3. The molecule has 0 saturated heterocycles. The van der Waals surface area contributed by atoms with Crippen molar-refractivity contribution >= 4 is 11.8 Å². The third-order valence-corrected chi connectivity index (χ3v) is 3.20. The van der Waals surface area contributed by atoms with Crippen LogP contribution in [0.15, 0.2) is 24.3 Å². The van der Waals surface area contributed by atoms with E-state index in [9.17, 15) is 13.2 Å². The Morgan fingerprint density at radius 2 is 1.89 bits per heavy atom. The fourth-order valence-corrected chi connectivity index (χ4v) is 2.06. The lowest BCUT2D eigenvalue weighted by atomic mass is 10.0. The minimum atomic E-state index is -4.16. The summed E-state index contributed by atoms with van der Waals surface area (Å²) in [5, 5.41) is 12.2. The van der Waals surface area contributed by atoms with E-state index in [0.717, 1.165) is 12.0 Å². The van der Waals surface area contributed by atoms with Gasteiger partial charge in [0, 0.05) is 18.3 Å². The van der Waals surface area contributed by atoms with E-state index in [0.29, 0.717) is 6.54 Å². The maximum atomic E-state index is 11.9. The first-order chi connectivity index (χ1) is 8.42. The summed E-state index contributed by atoms with van der Waals surface area (Å²) in [5.74, 6) is 0.180. The number of phenols is 1. The van der Waals surface area contributed by atoms with Crippen LogP contribution in [-0.2, 0) is 0 Å². The highest BCUT2D eigenvalue weighted by atomic mass is 32.2. The van der Waals surface area contributed by atoms with Crippen LogP contribution in [0.2, 0.25) is 0 Å². The van der Waals surface area contributed by atoms with Gasteiger partial charge >= 0.3 is 5.51 Å². The van der Waals surface area contributed by atoms with Gasteiger partial charge in [0.1, 0.15) is 5.75 Å². The zero-order valence-electron chi connectivity index (χ0n) is 10.00. The molecule has 0 aliphatic heterocycles. The fraction of sp³-hybridized carbons (Fsp3) is 0.500. The van der Waals surface area contributed by atoms with E-state index in [4.69, 9.17) is 5.11 Å². The van der Waals surface area contributed by atoms with Crippen molar-refractivity contribution in [3.63, 3.8) is 0 Å². The molecule has 102 valence electrons. The first-order valence-electron chi connectivity index (χ1n) is 5.65. The van der Waals surface area contributed by atoms with Crippen LogP contribution in [-0.4, -0.2) is 22.9 Å². The normalized spacial score (nSPS) is 13.6. The van der Waals surface area contributed by atoms with Gasteiger partial charge in [-0.2, -0.15) is 13.2 Å². The Kier molecular flexibility index (Phi) is 5.81. The van der Waals surface area contributed by atoms with Crippen molar-refractivity contribution in [3.8, 4) is 5.75 Å². The minimum absolute atomic E-state index is 0.00190. The molecule has 2 nitrogen and oxygen atoms in total. The van der Waals surface area contributed by atoms with Gasteiger partial charge in [-0.05, 0) is 35.9 Å². The Labute approximate surface area is 109 Å². The number of nitrogens with one attached hydrogen (secondary N) is 1. The standard InChI is InChI=1S/C12H16F3NOS/c1-2-11(9-3-5-10(17)6-4-9)16-7-8-18-12(13,14)15/h3-6,11,16-17H,2,7-8H2,1H3. The van der Waals surface area contributed by atoms with Crippen LogP contribution in [0, 0.1) is 0 Å². The molecule has 2 N–H and O–H groups in total. The van der Waals surface area contributed by atoms with E-state index in [2.05, 4.69) is 5.32 Å². The molecule has 1 aromatic carbocycles. The lowest BCUT2D eigenvalue weighted by molar-refractivity contribution is -0.0327. The van der Waals surface area contributed by atoms with Crippen molar-refractivity contribution in [1.29, 1.82) is 0 Å². The maximum Gasteiger partial charge on any atom is 0.441 e. The summed E-state index contributed by atoms with van der Waals surface area (Å²) >= 11 is -0.0188. The lowest BCUT2D eigenvalue weighted by Gasteiger charge is -2.17. The first kappa shape index (κ1) is 15.2. The number of thioether (sulfide) groups is 1. The first-order valence-corrected chi connectivity index (χ1v) is 6.64. The largest absolute Gasteiger partial charge is 0.508 e. The molecular formula is C12H16F3NOS. The van der Waals surface area contributed by atoms with Gasteiger partial charge < -0.3 is 10.4 Å². The number of phenolic OH excluding ortho intramolecular Hbond substituents is 1. The average molecular weight is 279 g/mol. The van der Waals surface area contributed by atoms with E-state index < -0.39 is 5.51 Å².